The predicted molar refractivity (Wildman–Crippen MR) is 71.0 cm³/mol. The van der Waals surface area contributed by atoms with Crippen LogP contribution in [-0.2, 0) is 0 Å². The largest absolute Gasteiger partial charge is 0.329 e. The van der Waals surface area contributed by atoms with E-state index in [0.717, 1.165) is 16.7 Å². The molecule has 3 rings (SSSR count). The molecule has 0 radical (unpaired) electrons. The SMILES string of the molecule is Cc1ccc(-n2c(=S)[nH]c3cnccc32)cc1. The second kappa shape index (κ2) is 3.82. The molecule has 0 aliphatic carbocycles. The average Bonchev–Trinajstić information content (AvgIpc) is 2.66. The first-order valence-electron chi connectivity index (χ1n) is 5.37. The van der Waals surface area contributed by atoms with Crippen LogP contribution in [0.15, 0.2) is 42.7 Å². The van der Waals surface area contributed by atoms with E-state index in [-0.39, 0.29) is 0 Å². The van der Waals surface area contributed by atoms with Crippen molar-refractivity contribution in [2.24, 2.45) is 0 Å². The molecule has 0 atom stereocenters. The van der Waals surface area contributed by atoms with E-state index in [9.17, 15) is 0 Å². The summed E-state index contributed by atoms with van der Waals surface area (Å²) in [4.78, 5) is 7.24. The minimum atomic E-state index is 0.692. The maximum atomic E-state index is 5.35. The van der Waals surface area contributed by atoms with Gasteiger partial charge in [0.05, 0.1) is 17.2 Å². The zero-order valence-electron chi connectivity index (χ0n) is 9.34. The van der Waals surface area contributed by atoms with E-state index in [0.29, 0.717) is 4.77 Å². The van der Waals surface area contributed by atoms with Crippen LogP contribution in [-0.4, -0.2) is 14.5 Å². The number of hydrogen-bond donors (Lipinski definition) is 1. The highest BCUT2D eigenvalue weighted by Gasteiger charge is 2.05. The van der Waals surface area contributed by atoms with Gasteiger partial charge in [-0.1, -0.05) is 17.7 Å². The molecule has 84 valence electrons. The highest BCUT2D eigenvalue weighted by molar-refractivity contribution is 7.71. The molecule has 1 aromatic carbocycles. The van der Waals surface area contributed by atoms with Crippen molar-refractivity contribution in [3.8, 4) is 5.69 Å². The summed E-state index contributed by atoms with van der Waals surface area (Å²) in [5.41, 5.74) is 4.31. The number of hydrogen-bond acceptors (Lipinski definition) is 2. The Balaban J connectivity index is 2.33. The number of aryl methyl sites for hydroxylation is 1. The molecule has 3 nitrogen and oxygen atoms in total. The number of nitrogens with zero attached hydrogens (tertiary/aromatic N) is 2. The second-order valence-electron chi connectivity index (χ2n) is 3.99. The van der Waals surface area contributed by atoms with Gasteiger partial charge in [0.25, 0.3) is 0 Å². The third kappa shape index (κ3) is 1.66. The van der Waals surface area contributed by atoms with E-state index in [1.165, 1.54) is 5.56 Å². The predicted octanol–water partition coefficient (Wildman–Crippen LogP) is 3.39. The van der Waals surface area contributed by atoms with Gasteiger partial charge in [0.15, 0.2) is 4.77 Å². The molecule has 0 aliphatic rings. The Labute approximate surface area is 104 Å². The van der Waals surface area contributed by atoms with Crippen molar-refractivity contribution >= 4 is 23.3 Å². The molecule has 17 heavy (non-hydrogen) atoms. The van der Waals surface area contributed by atoms with Crippen LogP contribution in [0, 0.1) is 11.7 Å². The highest BCUT2D eigenvalue weighted by Crippen LogP contribution is 2.18. The molecule has 0 bridgehead atoms. The summed E-state index contributed by atoms with van der Waals surface area (Å²) in [6.45, 7) is 2.07. The van der Waals surface area contributed by atoms with E-state index in [1.807, 2.05) is 10.6 Å². The Morgan fingerprint density at radius 3 is 2.71 bits per heavy atom. The maximum absolute atomic E-state index is 5.35. The van der Waals surface area contributed by atoms with Crippen LogP contribution in [0.1, 0.15) is 5.56 Å². The molecule has 3 aromatic rings. The molecule has 0 amide bonds. The normalized spacial score (nSPS) is 10.9. The molecular weight excluding hydrogens is 230 g/mol. The van der Waals surface area contributed by atoms with Crippen molar-refractivity contribution in [2.45, 2.75) is 6.92 Å². The number of aromatic nitrogens is 3. The average molecular weight is 241 g/mol. The minimum Gasteiger partial charge on any atom is -0.329 e. The van der Waals surface area contributed by atoms with Crippen LogP contribution >= 0.6 is 12.2 Å². The fraction of sp³-hybridized carbons (Fsp3) is 0.0769. The van der Waals surface area contributed by atoms with Gasteiger partial charge in [0, 0.05) is 11.9 Å². The van der Waals surface area contributed by atoms with Gasteiger partial charge in [0.2, 0.25) is 0 Å². The molecule has 0 fully saturated rings. The Bertz CT molecular complexity index is 722. The number of imidazole rings is 1. The van der Waals surface area contributed by atoms with E-state index in [4.69, 9.17) is 12.2 Å². The number of rotatable bonds is 1. The first-order valence-corrected chi connectivity index (χ1v) is 5.78. The van der Waals surface area contributed by atoms with Gasteiger partial charge in [-0.15, -0.1) is 0 Å². The van der Waals surface area contributed by atoms with Gasteiger partial charge in [-0.3, -0.25) is 9.55 Å². The van der Waals surface area contributed by atoms with Gasteiger partial charge in [-0.2, -0.15) is 0 Å². The smallest absolute Gasteiger partial charge is 0.182 e. The molecule has 2 heterocycles. The van der Waals surface area contributed by atoms with Crippen molar-refractivity contribution in [3.05, 3.63) is 53.1 Å². The fourth-order valence-electron chi connectivity index (χ4n) is 1.91. The third-order valence-corrected chi connectivity index (χ3v) is 3.06. The van der Waals surface area contributed by atoms with Gasteiger partial charge in [0.1, 0.15) is 0 Å². The lowest BCUT2D eigenvalue weighted by Crippen LogP contribution is -1.93. The van der Waals surface area contributed by atoms with Gasteiger partial charge < -0.3 is 4.98 Å². The molecule has 0 saturated heterocycles. The Hall–Kier alpha value is -1.94. The molecular formula is C13H11N3S. The van der Waals surface area contributed by atoms with Crippen LogP contribution in [0.2, 0.25) is 0 Å². The lowest BCUT2D eigenvalue weighted by Gasteiger charge is -2.04. The monoisotopic (exact) mass is 241 g/mol. The molecule has 0 spiro atoms. The van der Waals surface area contributed by atoms with Crippen LogP contribution in [0.25, 0.3) is 16.7 Å². The van der Waals surface area contributed by atoms with E-state index in [2.05, 4.69) is 41.2 Å². The number of pyridine rings is 1. The van der Waals surface area contributed by atoms with Gasteiger partial charge >= 0.3 is 0 Å². The van der Waals surface area contributed by atoms with Crippen molar-refractivity contribution in [1.82, 2.24) is 14.5 Å². The first-order chi connectivity index (χ1) is 8.25. The Kier molecular flexibility index (Phi) is 2.30. The maximum Gasteiger partial charge on any atom is 0.182 e. The zero-order valence-corrected chi connectivity index (χ0v) is 10.2. The van der Waals surface area contributed by atoms with Crippen LogP contribution in [0.3, 0.4) is 0 Å². The van der Waals surface area contributed by atoms with Crippen LogP contribution < -0.4 is 0 Å². The summed E-state index contributed by atoms with van der Waals surface area (Å²) >= 11 is 5.35. The van der Waals surface area contributed by atoms with Crippen LogP contribution in [0.4, 0.5) is 0 Å². The van der Waals surface area contributed by atoms with Gasteiger partial charge in [-0.25, -0.2) is 0 Å². The summed E-state index contributed by atoms with van der Waals surface area (Å²) in [6, 6.07) is 10.3. The van der Waals surface area contributed by atoms with Gasteiger partial charge in [-0.05, 0) is 37.3 Å². The number of H-pyrrole nitrogens is 1. The molecule has 0 saturated carbocycles. The van der Waals surface area contributed by atoms with E-state index in [1.54, 1.807) is 12.4 Å². The molecule has 4 heteroatoms. The lowest BCUT2D eigenvalue weighted by molar-refractivity contribution is 1.06. The zero-order chi connectivity index (χ0) is 11.8. The first kappa shape index (κ1) is 10.2. The van der Waals surface area contributed by atoms with Crippen molar-refractivity contribution in [2.75, 3.05) is 0 Å². The van der Waals surface area contributed by atoms with E-state index >= 15 is 0 Å². The molecule has 1 N–H and O–H groups in total. The van der Waals surface area contributed by atoms with Crippen molar-refractivity contribution < 1.29 is 0 Å². The summed E-state index contributed by atoms with van der Waals surface area (Å²) in [5, 5.41) is 0. The second-order valence-corrected chi connectivity index (χ2v) is 4.38. The third-order valence-electron chi connectivity index (χ3n) is 2.78. The van der Waals surface area contributed by atoms with Crippen molar-refractivity contribution in [3.63, 3.8) is 0 Å². The number of nitrogens with one attached hydrogen (secondary N) is 1. The molecule has 0 aliphatic heterocycles. The lowest BCUT2D eigenvalue weighted by atomic mass is 10.2. The number of aromatic amines is 1. The summed E-state index contributed by atoms with van der Waals surface area (Å²) in [7, 11) is 0. The Morgan fingerprint density at radius 1 is 1.18 bits per heavy atom. The quantitative estimate of drug-likeness (QED) is 0.662. The molecule has 0 unspecified atom stereocenters. The summed E-state index contributed by atoms with van der Waals surface area (Å²) in [6.07, 6.45) is 3.56. The minimum absolute atomic E-state index is 0.692. The molecule has 2 aromatic heterocycles. The summed E-state index contributed by atoms with van der Waals surface area (Å²) in [5.74, 6) is 0. The number of fused-ring (bicyclic) bond motifs is 1. The standard InChI is InChI=1S/C13H11N3S/c1-9-2-4-10(5-3-9)16-12-6-7-14-8-11(12)15-13(16)17/h2-8H,1H3,(H,15,17). The Morgan fingerprint density at radius 2 is 1.94 bits per heavy atom. The number of benzene rings is 1. The van der Waals surface area contributed by atoms with E-state index < -0.39 is 0 Å². The highest BCUT2D eigenvalue weighted by atomic mass is 32.1. The fourth-order valence-corrected chi connectivity index (χ4v) is 2.22. The topological polar surface area (TPSA) is 33.6 Å². The van der Waals surface area contributed by atoms with Crippen molar-refractivity contribution in [1.29, 1.82) is 0 Å². The summed E-state index contributed by atoms with van der Waals surface area (Å²) < 4.78 is 2.71. The van der Waals surface area contributed by atoms with Crippen LogP contribution in [0.5, 0.6) is 0 Å².